The molecule has 0 unspecified atom stereocenters. The lowest BCUT2D eigenvalue weighted by Gasteiger charge is -1.92. The highest BCUT2D eigenvalue weighted by Crippen LogP contribution is 2.17. The van der Waals surface area contributed by atoms with E-state index in [2.05, 4.69) is 10.1 Å². The van der Waals surface area contributed by atoms with E-state index in [1.165, 1.54) is 12.1 Å². The van der Waals surface area contributed by atoms with Crippen LogP contribution in [0, 0.1) is 5.82 Å². The van der Waals surface area contributed by atoms with Crippen LogP contribution < -0.4 is 5.73 Å². The third-order valence-electron chi connectivity index (χ3n) is 1.72. The SMILES string of the molecule is Cl.NCc1noc(-c2cccc(F)c2)n1. The Morgan fingerprint density at radius 3 is 2.80 bits per heavy atom. The summed E-state index contributed by atoms with van der Waals surface area (Å²) in [4.78, 5) is 3.97. The predicted molar refractivity (Wildman–Crippen MR) is 54.8 cm³/mol. The van der Waals surface area contributed by atoms with Gasteiger partial charge in [0.15, 0.2) is 5.82 Å². The van der Waals surface area contributed by atoms with Crippen molar-refractivity contribution >= 4 is 12.4 Å². The third kappa shape index (κ3) is 2.51. The predicted octanol–water partition coefficient (Wildman–Crippen LogP) is 1.76. The molecule has 0 amide bonds. The monoisotopic (exact) mass is 229 g/mol. The Balaban J connectivity index is 0.00000112. The van der Waals surface area contributed by atoms with E-state index in [0.717, 1.165) is 0 Å². The molecule has 0 fully saturated rings. The molecule has 2 rings (SSSR count). The van der Waals surface area contributed by atoms with Crippen LogP contribution >= 0.6 is 12.4 Å². The minimum Gasteiger partial charge on any atom is -0.334 e. The number of benzene rings is 1. The first kappa shape index (κ1) is 11.6. The second kappa shape index (κ2) is 4.86. The second-order valence-corrected chi connectivity index (χ2v) is 2.73. The van der Waals surface area contributed by atoms with Crippen LogP contribution in [0.15, 0.2) is 28.8 Å². The molecule has 0 saturated heterocycles. The van der Waals surface area contributed by atoms with E-state index < -0.39 is 0 Å². The number of hydrogen-bond acceptors (Lipinski definition) is 4. The number of nitrogens with zero attached hydrogens (tertiary/aromatic N) is 2. The molecular formula is C9H9ClFN3O. The number of aromatic nitrogens is 2. The fourth-order valence-corrected chi connectivity index (χ4v) is 1.08. The number of halogens is 2. The van der Waals surface area contributed by atoms with Crippen LogP contribution in [0.2, 0.25) is 0 Å². The van der Waals surface area contributed by atoms with Crippen LogP contribution in [0.1, 0.15) is 5.82 Å². The van der Waals surface area contributed by atoms with Gasteiger partial charge < -0.3 is 10.3 Å². The van der Waals surface area contributed by atoms with Crippen molar-refractivity contribution in [3.05, 3.63) is 35.9 Å². The summed E-state index contributed by atoms with van der Waals surface area (Å²) in [5.41, 5.74) is 5.87. The Morgan fingerprint density at radius 1 is 1.40 bits per heavy atom. The van der Waals surface area contributed by atoms with Gasteiger partial charge in [-0.2, -0.15) is 4.98 Å². The summed E-state index contributed by atoms with van der Waals surface area (Å²) in [7, 11) is 0. The maximum absolute atomic E-state index is 12.8. The van der Waals surface area contributed by atoms with Crippen molar-refractivity contribution in [3.63, 3.8) is 0 Å². The summed E-state index contributed by atoms with van der Waals surface area (Å²) >= 11 is 0. The topological polar surface area (TPSA) is 64.9 Å². The van der Waals surface area contributed by atoms with Crippen molar-refractivity contribution in [1.82, 2.24) is 10.1 Å². The summed E-state index contributed by atoms with van der Waals surface area (Å²) in [6, 6.07) is 5.95. The van der Waals surface area contributed by atoms with Gasteiger partial charge in [-0.3, -0.25) is 0 Å². The van der Waals surface area contributed by atoms with Crippen LogP contribution in [0.5, 0.6) is 0 Å². The highest BCUT2D eigenvalue weighted by Gasteiger charge is 2.07. The smallest absolute Gasteiger partial charge is 0.258 e. The molecule has 0 bridgehead atoms. The van der Waals surface area contributed by atoms with Gasteiger partial charge in [-0.05, 0) is 18.2 Å². The van der Waals surface area contributed by atoms with E-state index in [9.17, 15) is 4.39 Å². The van der Waals surface area contributed by atoms with Crippen molar-refractivity contribution in [2.45, 2.75) is 6.54 Å². The lowest BCUT2D eigenvalue weighted by molar-refractivity contribution is 0.422. The standard InChI is InChI=1S/C9H8FN3O.ClH/c10-7-3-1-2-6(4-7)9-12-8(5-11)13-14-9;/h1-4H,5,11H2;1H. The minimum atomic E-state index is -0.338. The molecule has 0 radical (unpaired) electrons. The molecule has 0 aliphatic heterocycles. The molecule has 80 valence electrons. The molecule has 0 saturated carbocycles. The molecule has 2 aromatic rings. The fourth-order valence-electron chi connectivity index (χ4n) is 1.08. The van der Waals surface area contributed by atoms with Crippen LogP contribution in [-0.4, -0.2) is 10.1 Å². The van der Waals surface area contributed by atoms with E-state index >= 15 is 0 Å². The number of nitrogens with two attached hydrogens (primary N) is 1. The molecule has 0 atom stereocenters. The maximum atomic E-state index is 12.8. The molecular weight excluding hydrogens is 221 g/mol. The van der Waals surface area contributed by atoms with Crippen molar-refractivity contribution < 1.29 is 8.91 Å². The van der Waals surface area contributed by atoms with Gasteiger partial charge in [-0.15, -0.1) is 12.4 Å². The summed E-state index contributed by atoms with van der Waals surface area (Å²) in [5, 5.41) is 3.61. The first-order chi connectivity index (χ1) is 6.79. The summed E-state index contributed by atoms with van der Waals surface area (Å²) in [6.45, 7) is 0.207. The Hall–Kier alpha value is -1.46. The van der Waals surface area contributed by atoms with Crippen molar-refractivity contribution in [2.24, 2.45) is 5.73 Å². The third-order valence-corrected chi connectivity index (χ3v) is 1.72. The highest BCUT2D eigenvalue weighted by molar-refractivity contribution is 5.85. The highest BCUT2D eigenvalue weighted by atomic mass is 35.5. The van der Waals surface area contributed by atoms with Gasteiger partial charge in [0.2, 0.25) is 0 Å². The van der Waals surface area contributed by atoms with Gasteiger partial charge in [0.05, 0.1) is 6.54 Å². The number of rotatable bonds is 2. The van der Waals surface area contributed by atoms with E-state index in [0.29, 0.717) is 11.4 Å². The summed E-state index contributed by atoms with van der Waals surface area (Å²) in [6.07, 6.45) is 0. The zero-order valence-electron chi connectivity index (χ0n) is 7.68. The Morgan fingerprint density at radius 2 is 2.20 bits per heavy atom. The fraction of sp³-hybridized carbons (Fsp3) is 0.111. The number of hydrogen-bond donors (Lipinski definition) is 1. The van der Waals surface area contributed by atoms with Crippen LogP contribution in [0.25, 0.3) is 11.5 Å². The minimum absolute atomic E-state index is 0. The van der Waals surface area contributed by atoms with Gasteiger partial charge in [-0.1, -0.05) is 11.2 Å². The quantitative estimate of drug-likeness (QED) is 0.852. The lowest BCUT2D eigenvalue weighted by Crippen LogP contribution is -1.97. The summed E-state index contributed by atoms with van der Waals surface area (Å²) in [5.74, 6) is 0.351. The van der Waals surface area contributed by atoms with Crippen molar-refractivity contribution in [1.29, 1.82) is 0 Å². The maximum Gasteiger partial charge on any atom is 0.258 e. The van der Waals surface area contributed by atoms with Gasteiger partial charge in [-0.25, -0.2) is 4.39 Å². The van der Waals surface area contributed by atoms with Crippen molar-refractivity contribution in [3.8, 4) is 11.5 Å². The largest absolute Gasteiger partial charge is 0.334 e. The molecule has 1 heterocycles. The average Bonchev–Trinajstić information content (AvgIpc) is 2.66. The van der Waals surface area contributed by atoms with Gasteiger partial charge in [0.1, 0.15) is 5.82 Å². The van der Waals surface area contributed by atoms with Crippen molar-refractivity contribution in [2.75, 3.05) is 0 Å². The molecule has 0 spiro atoms. The second-order valence-electron chi connectivity index (χ2n) is 2.73. The molecule has 6 heteroatoms. The molecule has 2 N–H and O–H groups in total. The average molecular weight is 230 g/mol. The van der Waals surface area contributed by atoms with Gasteiger partial charge in [0, 0.05) is 5.56 Å². The normalized spacial score (nSPS) is 9.73. The first-order valence-corrected chi connectivity index (χ1v) is 4.08. The Bertz CT molecular complexity index is 446. The molecule has 0 aliphatic rings. The van der Waals surface area contributed by atoms with E-state index in [1.54, 1.807) is 12.1 Å². The van der Waals surface area contributed by atoms with Gasteiger partial charge >= 0.3 is 0 Å². The van der Waals surface area contributed by atoms with E-state index in [-0.39, 0.29) is 30.7 Å². The van der Waals surface area contributed by atoms with Crippen LogP contribution in [0.3, 0.4) is 0 Å². The molecule has 1 aromatic heterocycles. The zero-order valence-corrected chi connectivity index (χ0v) is 8.50. The summed E-state index contributed by atoms with van der Waals surface area (Å²) < 4.78 is 17.7. The van der Waals surface area contributed by atoms with Crippen LogP contribution in [-0.2, 0) is 6.54 Å². The van der Waals surface area contributed by atoms with Gasteiger partial charge in [0.25, 0.3) is 5.89 Å². The molecule has 0 aliphatic carbocycles. The zero-order chi connectivity index (χ0) is 9.97. The molecule has 1 aromatic carbocycles. The van der Waals surface area contributed by atoms with Crippen LogP contribution in [0.4, 0.5) is 4.39 Å². The lowest BCUT2D eigenvalue weighted by atomic mass is 10.2. The molecule has 15 heavy (non-hydrogen) atoms. The first-order valence-electron chi connectivity index (χ1n) is 4.08. The van der Waals surface area contributed by atoms with E-state index in [4.69, 9.17) is 10.3 Å². The Kier molecular flexibility index (Phi) is 3.76. The Labute approximate surface area is 91.7 Å². The van der Waals surface area contributed by atoms with E-state index in [1.807, 2.05) is 0 Å². The molecule has 4 nitrogen and oxygen atoms in total.